The van der Waals surface area contributed by atoms with Gasteiger partial charge in [0.05, 0.1) is 17.6 Å². The van der Waals surface area contributed by atoms with Crippen molar-refractivity contribution in [1.29, 1.82) is 0 Å². The zero-order valence-electron chi connectivity index (χ0n) is 12.5. The number of carbonyl (C=O) groups excluding carboxylic acids is 1. The maximum absolute atomic E-state index is 12.1. The molecule has 0 saturated carbocycles. The summed E-state index contributed by atoms with van der Waals surface area (Å²) >= 11 is 1.13. The van der Waals surface area contributed by atoms with E-state index in [9.17, 15) is 4.79 Å². The lowest BCUT2D eigenvalue weighted by Gasteiger charge is -2.08. The molecule has 0 aliphatic heterocycles. The molecule has 3 rings (SSSR count). The molecular formula is C17H17N3OS. The smallest absolute Gasteiger partial charge is 0.215 e. The summed E-state index contributed by atoms with van der Waals surface area (Å²) in [6, 6.07) is 13.9. The third-order valence-electron chi connectivity index (χ3n) is 3.38. The number of aromatic amines is 1. The van der Waals surface area contributed by atoms with Crippen LogP contribution in [-0.2, 0) is 4.79 Å². The average Bonchev–Trinajstić information content (AvgIpc) is 2.88. The highest BCUT2D eigenvalue weighted by atomic mass is 32.2. The SMILES string of the molecule is Cc1ccc(NCC(=O)Sc2nc3ccccc3[nH]2)c(C)c1. The summed E-state index contributed by atoms with van der Waals surface area (Å²) in [7, 11) is 0. The molecule has 112 valence electrons. The molecule has 0 saturated heterocycles. The third-order valence-corrected chi connectivity index (χ3v) is 4.14. The molecule has 0 aliphatic rings. The van der Waals surface area contributed by atoms with Gasteiger partial charge in [-0.2, -0.15) is 0 Å². The molecule has 1 heterocycles. The summed E-state index contributed by atoms with van der Waals surface area (Å²) < 4.78 is 0. The molecule has 2 N–H and O–H groups in total. The lowest BCUT2D eigenvalue weighted by atomic mass is 10.1. The van der Waals surface area contributed by atoms with Crippen molar-refractivity contribution in [3.63, 3.8) is 0 Å². The van der Waals surface area contributed by atoms with Crippen LogP contribution in [0.5, 0.6) is 0 Å². The van der Waals surface area contributed by atoms with Gasteiger partial charge in [0.2, 0.25) is 5.12 Å². The molecule has 0 spiro atoms. The van der Waals surface area contributed by atoms with E-state index >= 15 is 0 Å². The number of aromatic nitrogens is 2. The number of H-pyrrole nitrogens is 1. The average molecular weight is 311 g/mol. The van der Waals surface area contributed by atoms with Gasteiger partial charge in [0.1, 0.15) is 0 Å². The van der Waals surface area contributed by atoms with Crippen LogP contribution in [0.15, 0.2) is 47.6 Å². The van der Waals surface area contributed by atoms with Crippen LogP contribution in [0.25, 0.3) is 11.0 Å². The second kappa shape index (κ2) is 6.23. The summed E-state index contributed by atoms with van der Waals surface area (Å²) in [6.45, 7) is 4.36. The number of imidazole rings is 1. The fourth-order valence-electron chi connectivity index (χ4n) is 2.30. The van der Waals surface area contributed by atoms with Crippen molar-refractivity contribution in [2.75, 3.05) is 11.9 Å². The Balaban J connectivity index is 1.62. The Kier molecular flexibility index (Phi) is 4.15. The first-order chi connectivity index (χ1) is 10.6. The van der Waals surface area contributed by atoms with Crippen molar-refractivity contribution in [1.82, 2.24) is 9.97 Å². The van der Waals surface area contributed by atoms with Gasteiger partial charge in [-0.25, -0.2) is 4.98 Å². The van der Waals surface area contributed by atoms with Gasteiger partial charge >= 0.3 is 0 Å². The molecular weight excluding hydrogens is 294 g/mol. The number of hydrogen-bond acceptors (Lipinski definition) is 4. The lowest BCUT2D eigenvalue weighted by molar-refractivity contribution is -0.109. The van der Waals surface area contributed by atoms with Crippen molar-refractivity contribution in [3.8, 4) is 0 Å². The quantitative estimate of drug-likeness (QED) is 0.717. The van der Waals surface area contributed by atoms with E-state index in [1.165, 1.54) is 5.56 Å². The molecule has 4 nitrogen and oxygen atoms in total. The molecule has 0 amide bonds. The summed E-state index contributed by atoms with van der Waals surface area (Å²) in [5.41, 5.74) is 5.16. The standard InChI is InChI=1S/C17H17N3OS/c1-11-7-8-13(12(2)9-11)18-10-16(21)22-17-19-14-5-3-4-6-15(14)20-17/h3-9,18H,10H2,1-2H3,(H,19,20). The molecule has 0 bridgehead atoms. The zero-order chi connectivity index (χ0) is 15.5. The Labute approximate surface area is 133 Å². The number of para-hydroxylation sites is 2. The molecule has 5 heteroatoms. The summed E-state index contributed by atoms with van der Waals surface area (Å²) in [5.74, 6) is 0. The Hall–Kier alpha value is -2.27. The number of thioether (sulfide) groups is 1. The molecule has 0 fully saturated rings. The van der Waals surface area contributed by atoms with Crippen molar-refractivity contribution in [3.05, 3.63) is 53.6 Å². The first-order valence-electron chi connectivity index (χ1n) is 7.08. The summed E-state index contributed by atoms with van der Waals surface area (Å²) in [4.78, 5) is 19.6. The van der Waals surface area contributed by atoms with Crippen molar-refractivity contribution >= 4 is 33.6 Å². The van der Waals surface area contributed by atoms with Crippen molar-refractivity contribution in [2.24, 2.45) is 0 Å². The fraction of sp³-hybridized carbons (Fsp3) is 0.176. The molecule has 0 aliphatic carbocycles. The number of fused-ring (bicyclic) bond motifs is 1. The van der Waals surface area contributed by atoms with Gasteiger partial charge in [0.25, 0.3) is 0 Å². The van der Waals surface area contributed by atoms with Crippen LogP contribution in [0, 0.1) is 13.8 Å². The van der Waals surface area contributed by atoms with E-state index in [-0.39, 0.29) is 11.7 Å². The largest absolute Gasteiger partial charge is 0.377 e. The number of aryl methyl sites for hydroxylation is 2. The lowest BCUT2D eigenvalue weighted by Crippen LogP contribution is -2.11. The minimum atomic E-state index is 0.0269. The minimum absolute atomic E-state index is 0.0269. The number of hydrogen-bond donors (Lipinski definition) is 2. The number of benzene rings is 2. The maximum Gasteiger partial charge on any atom is 0.215 e. The van der Waals surface area contributed by atoms with E-state index in [0.29, 0.717) is 5.16 Å². The predicted octanol–water partition coefficient (Wildman–Crippen LogP) is 3.91. The first-order valence-corrected chi connectivity index (χ1v) is 7.90. The van der Waals surface area contributed by atoms with Gasteiger partial charge in [-0.1, -0.05) is 29.8 Å². The molecule has 0 unspecified atom stereocenters. The van der Waals surface area contributed by atoms with E-state index in [4.69, 9.17) is 0 Å². The molecule has 3 aromatic rings. The van der Waals surface area contributed by atoms with E-state index in [2.05, 4.69) is 28.3 Å². The Morgan fingerprint density at radius 3 is 2.82 bits per heavy atom. The summed E-state index contributed by atoms with van der Waals surface area (Å²) in [6.07, 6.45) is 0. The number of anilines is 1. The predicted molar refractivity (Wildman–Crippen MR) is 91.4 cm³/mol. The van der Waals surface area contributed by atoms with E-state index in [1.54, 1.807) is 0 Å². The van der Waals surface area contributed by atoms with E-state index in [0.717, 1.165) is 34.0 Å². The molecule has 22 heavy (non-hydrogen) atoms. The first kappa shape index (κ1) is 14.7. The Morgan fingerprint density at radius 1 is 1.23 bits per heavy atom. The van der Waals surface area contributed by atoms with Crippen LogP contribution < -0.4 is 5.32 Å². The van der Waals surface area contributed by atoms with Gasteiger partial charge in [-0.3, -0.25) is 4.79 Å². The fourth-order valence-corrected chi connectivity index (χ4v) is 2.97. The van der Waals surface area contributed by atoms with Gasteiger partial charge in [0, 0.05) is 5.69 Å². The van der Waals surface area contributed by atoms with Gasteiger partial charge < -0.3 is 10.3 Å². The second-order valence-corrected chi connectivity index (χ2v) is 6.25. The van der Waals surface area contributed by atoms with Crippen LogP contribution in [0.3, 0.4) is 0 Å². The van der Waals surface area contributed by atoms with Crippen molar-refractivity contribution < 1.29 is 4.79 Å². The second-order valence-electron chi connectivity index (χ2n) is 5.21. The van der Waals surface area contributed by atoms with Gasteiger partial charge in [-0.05, 0) is 49.4 Å². The highest BCUT2D eigenvalue weighted by Gasteiger charge is 2.09. The van der Waals surface area contributed by atoms with Crippen LogP contribution in [0.4, 0.5) is 5.69 Å². The number of nitrogens with zero attached hydrogens (tertiary/aromatic N) is 1. The maximum atomic E-state index is 12.1. The Morgan fingerprint density at radius 2 is 2.05 bits per heavy atom. The monoisotopic (exact) mass is 311 g/mol. The Bertz CT molecular complexity index is 793. The normalized spacial score (nSPS) is 10.8. The van der Waals surface area contributed by atoms with Crippen LogP contribution in [0.1, 0.15) is 11.1 Å². The molecule has 2 aromatic carbocycles. The van der Waals surface area contributed by atoms with Gasteiger partial charge in [0.15, 0.2) is 5.16 Å². The zero-order valence-corrected chi connectivity index (χ0v) is 13.3. The third kappa shape index (κ3) is 3.31. The van der Waals surface area contributed by atoms with E-state index in [1.807, 2.05) is 43.3 Å². The van der Waals surface area contributed by atoms with Gasteiger partial charge in [-0.15, -0.1) is 0 Å². The molecule has 1 aromatic heterocycles. The summed E-state index contributed by atoms with van der Waals surface area (Å²) in [5, 5.41) is 3.84. The van der Waals surface area contributed by atoms with Crippen LogP contribution in [-0.4, -0.2) is 21.6 Å². The van der Waals surface area contributed by atoms with Crippen molar-refractivity contribution in [2.45, 2.75) is 19.0 Å². The van der Waals surface area contributed by atoms with Crippen LogP contribution >= 0.6 is 11.8 Å². The highest BCUT2D eigenvalue weighted by Crippen LogP contribution is 2.21. The molecule has 0 atom stereocenters. The van der Waals surface area contributed by atoms with Crippen LogP contribution in [0.2, 0.25) is 0 Å². The molecule has 0 radical (unpaired) electrons. The number of carbonyl (C=O) groups is 1. The highest BCUT2D eigenvalue weighted by molar-refractivity contribution is 8.13. The van der Waals surface area contributed by atoms with E-state index < -0.39 is 0 Å². The number of rotatable bonds is 4. The minimum Gasteiger partial charge on any atom is -0.377 e. The number of nitrogens with one attached hydrogen (secondary N) is 2. The topological polar surface area (TPSA) is 57.8 Å².